The fraction of sp³-hybridized carbons (Fsp3) is 0.625. The number of amides is 1. The third-order valence-corrected chi connectivity index (χ3v) is 4.13. The Labute approximate surface area is 126 Å². The molecule has 0 spiro atoms. The van der Waals surface area contributed by atoms with E-state index in [-0.39, 0.29) is 23.8 Å². The summed E-state index contributed by atoms with van der Waals surface area (Å²) in [6.07, 6.45) is 0.504. The molecule has 1 fully saturated rings. The lowest BCUT2D eigenvalue weighted by Crippen LogP contribution is -2.30. The van der Waals surface area contributed by atoms with Gasteiger partial charge < -0.3 is 15.3 Å². The lowest BCUT2D eigenvalue weighted by atomic mass is 10.0. The minimum Gasteiger partial charge on any atom is -0.393 e. The van der Waals surface area contributed by atoms with Gasteiger partial charge in [-0.25, -0.2) is 4.98 Å². The van der Waals surface area contributed by atoms with Gasteiger partial charge in [-0.3, -0.25) is 4.79 Å². The van der Waals surface area contributed by atoms with Gasteiger partial charge in [0.25, 0.3) is 5.91 Å². The van der Waals surface area contributed by atoms with Crippen LogP contribution in [0.4, 0.5) is 5.82 Å². The average Bonchev–Trinajstić information content (AvgIpc) is 2.95. The molecule has 1 amide bonds. The van der Waals surface area contributed by atoms with E-state index in [0.717, 1.165) is 17.9 Å². The summed E-state index contributed by atoms with van der Waals surface area (Å²) >= 11 is 0. The van der Waals surface area contributed by atoms with Crippen LogP contribution in [0.5, 0.6) is 0 Å². The van der Waals surface area contributed by atoms with Crippen molar-refractivity contribution in [3.8, 4) is 0 Å². The van der Waals surface area contributed by atoms with E-state index in [1.165, 1.54) is 0 Å². The molecular weight excluding hydrogens is 266 g/mol. The summed E-state index contributed by atoms with van der Waals surface area (Å²) in [5.41, 5.74) is 1.58. The molecule has 2 N–H and O–H groups in total. The van der Waals surface area contributed by atoms with Crippen molar-refractivity contribution in [1.29, 1.82) is 0 Å². The van der Waals surface area contributed by atoms with Gasteiger partial charge in [0.2, 0.25) is 0 Å². The molecule has 2 heterocycles. The van der Waals surface area contributed by atoms with Gasteiger partial charge >= 0.3 is 0 Å². The van der Waals surface area contributed by atoms with Crippen LogP contribution >= 0.6 is 0 Å². The van der Waals surface area contributed by atoms with E-state index in [4.69, 9.17) is 0 Å². The Morgan fingerprint density at radius 2 is 2.14 bits per heavy atom. The molecule has 1 aromatic rings. The molecule has 0 saturated carbocycles. The largest absolute Gasteiger partial charge is 0.393 e. The van der Waals surface area contributed by atoms with E-state index < -0.39 is 0 Å². The molecular formula is C16H25N3O2. The number of pyridine rings is 1. The molecule has 0 aliphatic carbocycles. The standard InChI is InChI=1S/C16H25N3O2/c1-10(2)14-7-13(8-15(17-4)18-14)16(21)19-6-5-12(9-19)11(3)20/h7-8,10-12,20H,5-6,9H2,1-4H3,(H,17,18). The smallest absolute Gasteiger partial charge is 0.254 e. The normalized spacial score (nSPS) is 19.9. The Hall–Kier alpha value is -1.62. The maximum absolute atomic E-state index is 12.6. The summed E-state index contributed by atoms with van der Waals surface area (Å²) in [5, 5.41) is 12.7. The van der Waals surface area contributed by atoms with Gasteiger partial charge in [-0.15, -0.1) is 0 Å². The molecule has 116 valence electrons. The van der Waals surface area contributed by atoms with Gasteiger partial charge in [-0.2, -0.15) is 0 Å². The fourth-order valence-electron chi connectivity index (χ4n) is 2.65. The number of aliphatic hydroxyl groups is 1. The maximum atomic E-state index is 12.6. The van der Waals surface area contributed by atoms with Crippen molar-refractivity contribution >= 4 is 11.7 Å². The zero-order chi connectivity index (χ0) is 15.6. The van der Waals surface area contributed by atoms with E-state index >= 15 is 0 Å². The summed E-state index contributed by atoms with van der Waals surface area (Å²) in [5.74, 6) is 1.20. The summed E-state index contributed by atoms with van der Waals surface area (Å²) < 4.78 is 0. The van der Waals surface area contributed by atoms with Crippen LogP contribution in [0.1, 0.15) is 49.2 Å². The van der Waals surface area contributed by atoms with Gasteiger partial charge in [-0.1, -0.05) is 13.8 Å². The van der Waals surface area contributed by atoms with E-state index in [9.17, 15) is 9.90 Å². The lowest BCUT2D eigenvalue weighted by molar-refractivity contribution is 0.0762. The Morgan fingerprint density at radius 3 is 2.67 bits per heavy atom. The van der Waals surface area contributed by atoms with Crippen LogP contribution in [0, 0.1) is 5.92 Å². The highest BCUT2D eigenvalue weighted by atomic mass is 16.3. The SMILES string of the molecule is CNc1cc(C(=O)N2CCC(C(C)O)C2)cc(C(C)C)n1. The van der Waals surface area contributed by atoms with E-state index in [2.05, 4.69) is 24.1 Å². The summed E-state index contributed by atoms with van der Waals surface area (Å²) in [7, 11) is 1.81. The Balaban J connectivity index is 2.21. The van der Waals surface area contributed by atoms with Crippen molar-refractivity contribution < 1.29 is 9.90 Å². The van der Waals surface area contributed by atoms with E-state index in [1.807, 2.05) is 11.0 Å². The molecule has 5 nitrogen and oxygen atoms in total. The second kappa shape index (κ2) is 6.43. The summed E-state index contributed by atoms with van der Waals surface area (Å²) in [4.78, 5) is 19.0. The van der Waals surface area contributed by atoms with Crippen LogP contribution in [-0.4, -0.2) is 47.1 Å². The third kappa shape index (κ3) is 3.53. The predicted octanol–water partition coefficient (Wildman–Crippen LogP) is 2.09. The molecule has 0 radical (unpaired) electrons. The molecule has 1 aliphatic heterocycles. The molecule has 2 unspecified atom stereocenters. The first-order valence-electron chi connectivity index (χ1n) is 7.59. The van der Waals surface area contributed by atoms with Crippen molar-refractivity contribution in [3.63, 3.8) is 0 Å². The zero-order valence-electron chi connectivity index (χ0n) is 13.3. The highest BCUT2D eigenvalue weighted by molar-refractivity contribution is 5.95. The second-order valence-electron chi connectivity index (χ2n) is 6.11. The van der Waals surface area contributed by atoms with E-state index in [1.54, 1.807) is 20.0 Å². The Kier molecular flexibility index (Phi) is 4.83. The number of aliphatic hydroxyl groups excluding tert-OH is 1. The van der Waals surface area contributed by atoms with Gasteiger partial charge in [0.15, 0.2) is 0 Å². The van der Waals surface area contributed by atoms with Crippen molar-refractivity contribution in [2.45, 2.75) is 39.2 Å². The van der Waals surface area contributed by atoms with Crippen LogP contribution in [0.15, 0.2) is 12.1 Å². The number of hydrogen-bond donors (Lipinski definition) is 2. The van der Waals surface area contributed by atoms with Crippen molar-refractivity contribution in [2.75, 3.05) is 25.5 Å². The first-order valence-corrected chi connectivity index (χ1v) is 7.59. The van der Waals surface area contributed by atoms with Crippen LogP contribution in [0.2, 0.25) is 0 Å². The van der Waals surface area contributed by atoms with Gasteiger partial charge in [0.05, 0.1) is 6.10 Å². The minimum absolute atomic E-state index is 0.0268. The van der Waals surface area contributed by atoms with Gasteiger partial charge in [0.1, 0.15) is 5.82 Å². The number of hydrogen-bond acceptors (Lipinski definition) is 4. The molecule has 2 atom stereocenters. The Morgan fingerprint density at radius 1 is 1.43 bits per heavy atom. The molecule has 21 heavy (non-hydrogen) atoms. The van der Waals surface area contributed by atoms with Crippen molar-refractivity contribution in [3.05, 3.63) is 23.4 Å². The minimum atomic E-state index is -0.362. The number of aromatic nitrogens is 1. The molecule has 2 rings (SSSR count). The lowest BCUT2D eigenvalue weighted by Gasteiger charge is -2.19. The predicted molar refractivity (Wildman–Crippen MR) is 83.6 cm³/mol. The molecule has 1 aromatic heterocycles. The number of rotatable bonds is 4. The first kappa shape index (κ1) is 15.8. The third-order valence-electron chi connectivity index (χ3n) is 4.13. The highest BCUT2D eigenvalue weighted by Gasteiger charge is 2.30. The van der Waals surface area contributed by atoms with Gasteiger partial charge in [0, 0.05) is 37.3 Å². The van der Waals surface area contributed by atoms with Crippen LogP contribution in [0.25, 0.3) is 0 Å². The number of anilines is 1. The monoisotopic (exact) mass is 291 g/mol. The van der Waals surface area contributed by atoms with E-state index in [0.29, 0.717) is 18.7 Å². The van der Waals surface area contributed by atoms with Crippen LogP contribution in [0.3, 0.4) is 0 Å². The van der Waals surface area contributed by atoms with Crippen molar-refractivity contribution in [2.24, 2.45) is 5.92 Å². The number of nitrogens with zero attached hydrogens (tertiary/aromatic N) is 2. The summed E-state index contributed by atoms with van der Waals surface area (Å²) in [6.45, 7) is 7.26. The fourth-order valence-corrected chi connectivity index (χ4v) is 2.65. The zero-order valence-corrected chi connectivity index (χ0v) is 13.3. The number of likely N-dealkylation sites (tertiary alicyclic amines) is 1. The molecule has 1 saturated heterocycles. The maximum Gasteiger partial charge on any atom is 0.254 e. The van der Waals surface area contributed by atoms with Crippen molar-refractivity contribution in [1.82, 2.24) is 9.88 Å². The molecule has 1 aliphatic rings. The van der Waals surface area contributed by atoms with Crippen LogP contribution in [-0.2, 0) is 0 Å². The number of carbonyl (C=O) groups is 1. The summed E-state index contributed by atoms with van der Waals surface area (Å²) in [6, 6.07) is 3.67. The molecule has 0 aromatic carbocycles. The first-order chi connectivity index (χ1) is 9.92. The topological polar surface area (TPSA) is 65.5 Å². The number of carbonyl (C=O) groups excluding carboxylic acids is 1. The van der Waals surface area contributed by atoms with Gasteiger partial charge in [-0.05, 0) is 31.4 Å². The Bertz CT molecular complexity index is 514. The quantitative estimate of drug-likeness (QED) is 0.891. The second-order valence-corrected chi connectivity index (χ2v) is 6.11. The molecule has 0 bridgehead atoms. The highest BCUT2D eigenvalue weighted by Crippen LogP contribution is 2.24. The number of nitrogens with one attached hydrogen (secondary N) is 1. The molecule has 5 heteroatoms. The average molecular weight is 291 g/mol. The van der Waals surface area contributed by atoms with Crippen LogP contribution < -0.4 is 5.32 Å².